The maximum atomic E-state index is 12.9. The Morgan fingerprint density at radius 2 is 1.41 bits per heavy atom. The van der Waals surface area contributed by atoms with Gasteiger partial charge in [0.25, 0.3) is 0 Å². The molecule has 0 spiro atoms. The van der Waals surface area contributed by atoms with Crippen molar-refractivity contribution < 1.29 is 18.3 Å². The Hall–Kier alpha value is -3.38. The Morgan fingerprint density at radius 1 is 0.750 bits per heavy atom. The van der Waals surface area contributed by atoms with E-state index in [0.717, 1.165) is 41.8 Å². The summed E-state index contributed by atoms with van der Waals surface area (Å²) in [6, 6.07) is 24.8. The fourth-order valence-corrected chi connectivity index (χ4v) is 3.60. The third-order valence-corrected chi connectivity index (χ3v) is 5.42. The Labute approximate surface area is 184 Å². The highest BCUT2D eigenvalue weighted by molar-refractivity contribution is 5.60. The summed E-state index contributed by atoms with van der Waals surface area (Å²) in [6.07, 6.45) is -2.77. The number of alkyl halides is 3. The fraction of sp³-hybridized carbons (Fsp3) is 0.192. The van der Waals surface area contributed by atoms with Crippen LogP contribution in [0.4, 0.5) is 13.2 Å². The first kappa shape index (κ1) is 21.8. The summed E-state index contributed by atoms with van der Waals surface area (Å²) in [5, 5.41) is 14.0. The number of nitrogens with zero attached hydrogens (tertiary/aromatic N) is 2. The van der Waals surface area contributed by atoms with E-state index in [1.54, 1.807) is 0 Å². The van der Waals surface area contributed by atoms with Gasteiger partial charge in [-0.25, -0.2) is 0 Å². The van der Waals surface area contributed by atoms with Gasteiger partial charge in [0.15, 0.2) is 0 Å². The van der Waals surface area contributed by atoms with Crippen LogP contribution in [0.1, 0.15) is 27.9 Å². The quantitative estimate of drug-likeness (QED) is 0.392. The number of halogens is 3. The molecule has 1 N–H and O–H groups in total. The van der Waals surface area contributed by atoms with Gasteiger partial charge in [-0.05, 0) is 47.7 Å². The highest BCUT2D eigenvalue weighted by atomic mass is 19.4. The summed E-state index contributed by atoms with van der Waals surface area (Å²) >= 11 is 0. The predicted molar refractivity (Wildman–Crippen MR) is 118 cm³/mol. The van der Waals surface area contributed by atoms with Crippen LogP contribution in [-0.4, -0.2) is 14.9 Å². The molecule has 32 heavy (non-hydrogen) atoms. The monoisotopic (exact) mass is 436 g/mol. The smallest absolute Gasteiger partial charge is 0.392 e. The molecule has 0 aliphatic rings. The molecule has 0 atom stereocenters. The van der Waals surface area contributed by atoms with Gasteiger partial charge in [-0.15, -0.1) is 0 Å². The molecular formula is C26H23F3N2O. The highest BCUT2D eigenvalue weighted by Crippen LogP contribution is 2.31. The van der Waals surface area contributed by atoms with E-state index in [-0.39, 0.29) is 6.61 Å². The molecule has 1 aromatic heterocycles. The van der Waals surface area contributed by atoms with E-state index in [4.69, 9.17) is 5.10 Å². The first-order valence-corrected chi connectivity index (χ1v) is 10.4. The van der Waals surface area contributed by atoms with Gasteiger partial charge < -0.3 is 5.11 Å². The van der Waals surface area contributed by atoms with Crippen LogP contribution in [0.3, 0.4) is 0 Å². The van der Waals surface area contributed by atoms with Crippen molar-refractivity contribution in [2.45, 2.75) is 32.2 Å². The number of aryl methyl sites for hydroxylation is 2. The first-order valence-electron chi connectivity index (χ1n) is 10.4. The molecule has 164 valence electrons. The summed E-state index contributed by atoms with van der Waals surface area (Å²) in [7, 11) is 0. The molecule has 0 bridgehead atoms. The number of hydrogen-bond acceptors (Lipinski definition) is 2. The van der Waals surface area contributed by atoms with Crippen LogP contribution in [0.2, 0.25) is 0 Å². The van der Waals surface area contributed by atoms with E-state index in [9.17, 15) is 18.3 Å². The molecule has 0 radical (unpaired) electrons. The molecule has 1 heterocycles. The number of aliphatic hydroxyl groups is 1. The van der Waals surface area contributed by atoms with Crippen molar-refractivity contribution in [3.63, 3.8) is 0 Å². The Balaban J connectivity index is 1.62. The zero-order chi connectivity index (χ0) is 22.6. The Kier molecular flexibility index (Phi) is 6.42. The summed E-state index contributed by atoms with van der Waals surface area (Å²) in [5.74, 6) is 0. The van der Waals surface area contributed by atoms with E-state index in [1.165, 1.54) is 17.7 Å². The molecule has 0 fully saturated rings. The van der Waals surface area contributed by atoms with Crippen molar-refractivity contribution in [3.8, 4) is 11.3 Å². The SMILES string of the molecule is OCc1ccc(Cn2nc(-c3ccc(C(F)(F)F)cc3)cc2CCc2ccccc2)cc1. The van der Waals surface area contributed by atoms with Gasteiger partial charge in [0.2, 0.25) is 0 Å². The van der Waals surface area contributed by atoms with Gasteiger partial charge in [0, 0.05) is 11.3 Å². The normalized spacial score (nSPS) is 11.6. The Bertz CT molecular complexity index is 1150. The first-order chi connectivity index (χ1) is 15.4. The molecular weight excluding hydrogens is 413 g/mol. The molecule has 3 nitrogen and oxygen atoms in total. The molecule has 0 aliphatic carbocycles. The topological polar surface area (TPSA) is 38.0 Å². The summed E-state index contributed by atoms with van der Waals surface area (Å²) in [5.41, 5.74) is 4.71. The van der Waals surface area contributed by atoms with Crippen molar-refractivity contribution in [2.75, 3.05) is 0 Å². The second-order valence-electron chi connectivity index (χ2n) is 7.71. The minimum atomic E-state index is -4.36. The van der Waals surface area contributed by atoms with Crippen LogP contribution >= 0.6 is 0 Å². The lowest BCUT2D eigenvalue weighted by atomic mass is 10.1. The van der Waals surface area contributed by atoms with Gasteiger partial charge in [-0.3, -0.25) is 4.68 Å². The average molecular weight is 436 g/mol. The van der Waals surface area contributed by atoms with E-state index >= 15 is 0 Å². The van der Waals surface area contributed by atoms with Crippen LogP contribution in [-0.2, 0) is 32.2 Å². The third-order valence-electron chi connectivity index (χ3n) is 5.42. The zero-order valence-electron chi connectivity index (χ0n) is 17.4. The van der Waals surface area contributed by atoms with Crippen LogP contribution in [0.5, 0.6) is 0 Å². The number of benzene rings is 3. The number of hydrogen-bond donors (Lipinski definition) is 1. The third kappa shape index (κ3) is 5.26. The average Bonchev–Trinajstić information content (AvgIpc) is 3.21. The number of rotatable bonds is 7. The van der Waals surface area contributed by atoms with Crippen LogP contribution in [0.25, 0.3) is 11.3 Å². The van der Waals surface area contributed by atoms with Gasteiger partial charge in [-0.1, -0.05) is 66.7 Å². The predicted octanol–water partition coefficient (Wildman–Crippen LogP) is 5.89. The van der Waals surface area contributed by atoms with E-state index in [1.807, 2.05) is 53.2 Å². The molecule has 0 saturated carbocycles. The van der Waals surface area contributed by atoms with Gasteiger partial charge in [0.1, 0.15) is 0 Å². The van der Waals surface area contributed by atoms with E-state index in [2.05, 4.69) is 12.1 Å². The molecule has 6 heteroatoms. The van der Waals surface area contributed by atoms with Crippen molar-refractivity contribution >= 4 is 0 Å². The highest BCUT2D eigenvalue weighted by Gasteiger charge is 2.30. The number of aliphatic hydroxyl groups excluding tert-OH is 1. The van der Waals surface area contributed by atoms with Gasteiger partial charge in [0.05, 0.1) is 24.4 Å². The van der Waals surface area contributed by atoms with Crippen LogP contribution in [0.15, 0.2) is 84.9 Å². The molecule has 4 rings (SSSR count). The van der Waals surface area contributed by atoms with Crippen molar-refractivity contribution in [1.29, 1.82) is 0 Å². The largest absolute Gasteiger partial charge is 0.416 e. The van der Waals surface area contributed by atoms with Crippen molar-refractivity contribution in [3.05, 3.63) is 113 Å². The van der Waals surface area contributed by atoms with Crippen LogP contribution < -0.4 is 0 Å². The van der Waals surface area contributed by atoms with E-state index < -0.39 is 11.7 Å². The molecule has 4 aromatic rings. The lowest BCUT2D eigenvalue weighted by Gasteiger charge is -2.09. The van der Waals surface area contributed by atoms with Crippen molar-refractivity contribution in [2.24, 2.45) is 0 Å². The van der Waals surface area contributed by atoms with Gasteiger partial charge in [-0.2, -0.15) is 18.3 Å². The summed E-state index contributed by atoms with van der Waals surface area (Å²) in [4.78, 5) is 0. The molecule has 3 aromatic carbocycles. The molecule has 0 amide bonds. The van der Waals surface area contributed by atoms with Crippen LogP contribution in [0, 0.1) is 0 Å². The Morgan fingerprint density at radius 3 is 2.03 bits per heavy atom. The van der Waals surface area contributed by atoms with Crippen molar-refractivity contribution in [1.82, 2.24) is 9.78 Å². The minimum absolute atomic E-state index is 0.0115. The fourth-order valence-electron chi connectivity index (χ4n) is 3.60. The van der Waals surface area contributed by atoms with Gasteiger partial charge >= 0.3 is 6.18 Å². The lowest BCUT2D eigenvalue weighted by molar-refractivity contribution is -0.137. The molecule has 0 aliphatic heterocycles. The molecule has 0 saturated heterocycles. The van der Waals surface area contributed by atoms with E-state index in [0.29, 0.717) is 17.8 Å². The molecule has 0 unspecified atom stereocenters. The maximum Gasteiger partial charge on any atom is 0.416 e. The lowest BCUT2D eigenvalue weighted by Crippen LogP contribution is -2.07. The number of aromatic nitrogens is 2. The second kappa shape index (κ2) is 9.40. The second-order valence-corrected chi connectivity index (χ2v) is 7.71. The standard InChI is InChI=1S/C26H23F3N2O/c27-26(28,29)23-13-11-22(12-14-23)25-16-24(15-10-19-4-2-1-3-5-19)31(30-25)17-20-6-8-21(18-32)9-7-20/h1-9,11-14,16,32H,10,15,17-18H2. The summed E-state index contributed by atoms with van der Waals surface area (Å²) < 4.78 is 40.6. The summed E-state index contributed by atoms with van der Waals surface area (Å²) in [6.45, 7) is 0.527. The minimum Gasteiger partial charge on any atom is -0.392 e. The zero-order valence-corrected chi connectivity index (χ0v) is 17.4. The maximum absolute atomic E-state index is 12.9.